The van der Waals surface area contributed by atoms with Gasteiger partial charge in [-0.2, -0.15) is 4.99 Å². The van der Waals surface area contributed by atoms with Crippen molar-refractivity contribution in [3.63, 3.8) is 0 Å². The molecule has 8 heteroatoms. The van der Waals surface area contributed by atoms with Crippen molar-refractivity contribution in [3.05, 3.63) is 81.6 Å². The first kappa shape index (κ1) is 19.8. The molecular weight excluding hydrogens is 406 g/mol. The second-order valence-electron chi connectivity index (χ2n) is 7.14. The number of hydrogen-bond acceptors (Lipinski definition) is 4. The minimum Gasteiger partial charge on any atom is -0.319 e. The smallest absolute Gasteiger partial charge is 0.279 e. The van der Waals surface area contributed by atoms with E-state index in [4.69, 9.17) is 0 Å². The lowest BCUT2D eigenvalue weighted by molar-refractivity contribution is 0.0997. The van der Waals surface area contributed by atoms with E-state index >= 15 is 0 Å². The molecule has 0 radical (unpaired) electrons. The van der Waals surface area contributed by atoms with E-state index in [2.05, 4.69) is 34.0 Å². The van der Waals surface area contributed by atoms with Crippen LogP contribution in [0, 0.1) is 6.92 Å². The first-order valence-corrected chi connectivity index (χ1v) is 11.7. The molecule has 3 aromatic rings. The highest BCUT2D eigenvalue weighted by molar-refractivity contribution is 7.89. The van der Waals surface area contributed by atoms with Crippen molar-refractivity contribution in [2.45, 2.75) is 37.2 Å². The predicted molar refractivity (Wildman–Crippen MR) is 112 cm³/mol. The van der Waals surface area contributed by atoms with E-state index in [1.165, 1.54) is 41.2 Å². The van der Waals surface area contributed by atoms with Gasteiger partial charge < -0.3 is 4.57 Å². The van der Waals surface area contributed by atoms with Gasteiger partial charge in [0.05, 0.1) is 4.90 Å². The highest BCUT2D eigenvalue weighted by Gasteiger charge is 2.27. The van der Waals surface area contributed by atoms with E-state index in [-0.39, 0.29) is 10.9 Å². The Balaban J connectivity index is 1.52. The summed E-state index contributed by atoms with van der Waals surface area (Å²) >= 11 is 1.39. The lowest BCUT2D eigenvalue weighted by Gasteiger charge is -2.06. The molecule has 1 amide bonds. The second kappa shape index (κ2) is 8.06. The van der Waals surface area contributed by atoms with Gasteiger partial charge in [0.25, 0.3) is 5.91 Å². The van der Waals surface area contributed by atoms with Gasteiger partial charge in [-0.05, 0) is 49.6 Å². The summed E-state index contributed by atoms with van der Waals surface area (Å²) in [7, 11) is -3.53. The molecule has 0 unspecified atom stereocenters. The lowest BCUT2D eigenvalue weighted by atomic mass is 10.1. The first-order chi connectivity index (χ1) is 13.9. The molecule has 29 heavy (non-hydrogen) atoms. The Kier molecular flexibility index (Phi) is 5.49. The van der Waals surface area contributed by atoms with Crippen molar-refractivity contribution < 1.29 is 13.2 Å². The minimum absolute atomic E-state index is 0.0408. The van der Waals surface area contributed by atoms with E-state index < -0.39 is 15.9 Å². The van der Waals surface area contributed by atoms with Crippen LogP contribution in [0.25, 0.3) is 0 Å². The third kappa shape index (κ3) is 4.90. The Hall–Kier alpha value is -2.55. The Morgan fingerprint density at radius 1 is 1.14 bits per heavy atom. The summed E-state index contributed by atoms with van der Waals surface area (Å²) in [6.45, 7) is 2.67. The zero-order valence-electron chi connectivity index (χ0n) is 15.9. The van der Waals surface area contributed by atoms with Crippen molar-refractivity contribution in [3.8, 4) is 0 Å². The molecule has 0 spiro atoms. The number of sulfonamides is 1. The number of nitrogens with zero attached hydrogens (tertiary/aromatic N) is 2. The highest BCUT2D eigenvalue weighted by Crippen LogP contribution is 2.22. The van der Waals surface area contributed by atoms with Crippen LogP contribution in [-0.4, -0.2) is 24.9 Å². The molecule has 1 N–H and O–H groups in total. The Morgan fingerprint density at radius 2 is 1.83 bits per heavy atom. The molecule has 150 valence electrons. The van der Waals surface area contributed by atoms with Gasteiger partial charge in [0.1, 0.15) is 0 Å². The van der Waals surface area contributed by atoms with Crippen molar-refractivity contribution >= 4 is 27.3 Å². The summed E-state index contributed by atoms with van der Waals surface area (Å²) in [6.07, 6.45) is 3.64. The normalized spacial score (nSPS) is 14.9. The van der Waals surface area contributed by atoms with Crippen LogP contribution in [0.15, 0.2) is 70.0 Å². The van der Waals surface area contributed by atoms with Crippen molar-refractivity contribution in [2.75, 3.05) is 0 Å². The van der Waals surface area contributed by atoms with Crippen molar-refractivity contribution in [1.82, 2.24) is 9.29 Å². The fraction of sp³-hybridized carbons (Fsp3) is 0.238. The first-order valence-electron chi connectivity index (χ1n) is 9.32. The molecule has 0 atom stereocenters. The minimum atomic E-state index is -3.53. The average Bonchev–Trinajstić information content (AvgIpc) is 3.41. The number of hydrogen-bond donors (Lipinski definition) is 1. The van der Waals surface area contributed by atoms with Crippen LogP contribution < -0.4 is 9.52 Å². The van der Waals surface area contributed by atoms with Crippen LogP contribution in [0.4, 0.5) is 0 Å². The van der Waals surface area contributed by atoms with Crippen LogP contribution >= 0.6 is 11.3 Å². The molecule has 1 aliphatic rings. The maximum Gasteiger partial charge on any atom is 0.279 e. The summed E-state index contributed by atoms with van der Waals surface area (Å²) in [5.74, 6) is -0.399. The van der Waals surface area contributed by atoms with Crippen molar-refractivity contribution in [1.29, 1.82) is 0 Å². The SMILES string of the molecule is Cc1ccc(Cn2ccsc2=NC(=O)c2ccc(S(=O)(=O)NC3CC3)cc2)cc1. The Labute approximate surface area is 173 Å². The fourth-order valence-electron chi connectivity index (χ4n) is 2.81. The molecule has 1 fully saturated rings. The third-order valence-electron chi connectivity index (χ3n) is 4.64. The van der Waals surface area contributed by atoms with Gasteiger partial charge >= 0.3 is 0 Å². The van der Waals surface area contributed by atoms with Gasteiger partial charge in [0.15, 0.2) is 4.80 Å². The van der Waals surface area contributed by atoms with Crippen LogP contribution in [-0.2, 0) is 16.6 Å². The highest BCUT2D eigenvalue weighted by atomic mass is 32.2. The Bertz CT molecular complexity index is 1190. The van der Waals surface area contributed by atoms with E-state index in [1.54, 1.807) is 0 Å². The average molecular weight is 428 g/mol. The molecule has 6 nitrogen and oxygen atoms in total. The summed E-state index contributed by atoms with van der Waals surface area (Å²) in [4.78, 5) is 17.6. The number of thiazole rings is 1. The van der Waals surface area contributed by atoms with E-state index in [0.29, 0.717) is 16.9 Å². The number of nitrogens with one attached hydrogen (secondary N) is 1. The number of benzene rings is 2. The standard InChI is InChI=1S/C21H21N3O3S2/c1-15-2-4-16(5-3-15)14-24-12-13-28-21(24)22-20(25)17-6-10-19(11-7-17)29(26,27)23-18-8-9-18/h2-7,10-13,18,23H,8-9,14H2,1H3. The van der Waals surface area contributed by atoms with Crippen molar-refractivity contribution in [2.24, 2.45) is 4.99 Å². The number of aromatic nitrogens is 1. The molecule has 4 rings (SSSR count). The van der Waals surface area contributed by atoms with Gasteiger partial charge in [-0.25, -0.2) is 13.1 Å². The van der Waals surface area contributed by atoms with Crippen LogP contribution in [0.5, 0.6) is 0 Å². The molecular formula is C21H21N3O3S2. The molecule has 0 aliphatic heterocycles. The summed E-state index contributed by atoms with van der Waals surface area (Å²) in [6, 6.07) is 14.2. The molecule has 0 bridgehead atoms. The molecule has 2 aromatic carbocycles. The molecule has 1 aliphatic carbocycles. The van der Waals surface area contributed by atoms with Crippen LogP contribution in [0.3, 0.4) is 0 Å². The van der Waals surface area contributed by atoms with Gasteiger partial charge in [0, 0.05) is 29.7 Å². The predicted octanol–water partition coefficient (Wildman–Crippen LogP) is 3.09. The van der Waals surface area contributed by atoms with Gasteiger partial charge in [0.2, 0.25) is 10.0 Å². The molecule has 1 aromatic heterocycles. The lowest BCUT2D eigenvalue weighted by Crippen LogP contribution is -2.25. The number of amides is 1. The summed E-state index contributed by atoms with van der Waals surface area (Å²) in [5, 5.41) is 1.89. The van der Waals surface area contributed by atoms with E-state index in [9.17, 15) is 13.2 Å². The molecule has 0 saturated heterocycles. The number of aryl methyl sites for hydroxylation is 1. The molecule has 1 heterocycles. The zero-order chi connectivity index (χ0) is 20.4. The quantitative estimate of drug-likeness (QED) is 0.656. The second-order valence-corrected chi connectivity index (χ2v) is 9.72. The van der Waals surface area contributed by atoms with Gasteiger partial charge in [-0.1, -0.05) is 29.8 Å². The fourth-order valence-corrected chi connectivity index (χ4v) is 4.84. The maximum absolute atomic E-state index is 12.6. The number of carbonyl (C=O) groups is 1. The zero-order valence-corrected chi connectivity index (χ0v) is 17.5. The van der Waals surface area contributed by atoms with Crippen LogP contribution in [0.1, 0.15) is 34.3 Å². The molecule has 1 saturated carbocycles. The summed E-state index contributed by atoms with van der Waals surface area (Å²) < 4.78 is 29.0. The van der Waals surface area contributed by atoms with Crippen LogP contribution in [0.2, 0.25) is 0 Å². The third-order valence-corrected chi connectivity index (χ3v) is 6.97. The Morgan fingerprint density at radius 3 is 2.48 bits per heavy atom. The van der Waals surface area contributed by atoms with Gasteiger partial charge in [-0.15, -0.1) is 11.3 Å². The summed E-state index contributed by atoms with van der Waals surface area (Å²) in [5.41, 5.74) is 2.67. The largest absolute Gasteiger partial charge is 0.319 e. The number of rotatable bonds is 6. The number of carbonyl (C=O) groups excluding carboxylic acids is 1. The maximum atomic E-state index is 12.6. The monoisotopic (exact) mass is 427 g/mol. The van der Waals surface area contributed by atoms with Gasteiger partial charge in [-0.3, -0.25) is 4.79 Å². The van der Waals surface area contributed by atoms with E-state index in [1.807, 2.05) is 23.1 Å². The topological polar surface area (TPSA) is 80.5 Å². The van der Waals surface area contributed by atoms with E-state index in [0.717, 1.165) is 18.4 Å².